The Morgan fingerprint density at radius 2 is 2.04 bits per heavy atom. The summed E-state index contributed by atoms with van der Waals surface area (Å²) in [5.41, 5.74) is 1.08. The van der Waals surface area contributed by atoms with Crippen LogP contribution in [0.1, 0.15) is 22.2 Å². The highest BCUT2D eigenvalue weighted by atomic mass is 79.9. The minimum absolute atomic E-state index is 0.452. The number of hydrogen-bond acceptors (Lipinski definition) is 8. The maximum absolute atomic E-state index is 5.97. The van der Waals surface area contributed by atoms with E-state index in [-0.39, 0.29) is 0 Å². The molecule has 1 N–H and O–H groups in total. The van der Waals surface area contributed by atoms with Gasteiger partial charge in [0.1, 0.15) is 6.61 Å². The normalized spacial score (nSPS) is 10.8. The Bertz CT molecular complexity index is 1070. The molecule has 4 aromatic rings. The molecule has 1 aromatic carbocycles. The van der Waals surface area contributed by atoms with Gasteiger partial charge in [0.05, 0.1) is 6.42 Å². The molecule has 0 amide bonds. The molecule has 4 rings (SSSR count). The van der Waals surface area contributed by atoms with Crippen LogP contribution in [-0.4, -0.2) is 20.1 Å². The van der Waals surface area contributed by atoms with Crippen LogP contribution in [0.5, 0.6) is 5.75 Å². The summed E-state index contributed by atoms with van der Waals surface area (Å²) in [7, 11) is 0. The van der Waals surface area contributed by atoms with Gasteiger partial charge >= 0.3 is 0 Å². The van der Waals surface area contributed by atoms with Gasteiger partial charge in [-0.15, -0.1) is 11.3 Å². The zero-order chi connectivity index (χ0) is 19.3. The zero-order valence-corrected chi connectivity index (χ0v) is 17.3. The van der Waals surface area contributed by atoms with Gasteiger partial charge in [0.15, 0.2) is 22.5 Å². The van der Waals surface area contributed by atoms with Crippen LogP contribution in [0.4, 0.5) is 10.9 Å². The molecule has 0 spiro atoms. The molecular weight excluding hydrogens is 442 g/mol. The fourth-order valence-electron chi connectivity index (χ4n) is 2.47. The first-order chi connectivity index (χ1) is 13.7. The fourth-order valence-corrected chi connectivity index (χ4v) is 3.58. The van der Waals surface area contributed by atoms with Gasteiger partial charge in [0, 0.05) is 21.7 Å². The predicted octanol–water partition coefficient (Wildman–Crippen LogP) is 4.91. The van der Waals surface area contributed by atoms with Crippen molar-refractivity contribution in [3.05, 3.63) is 75.4 Å². The number of pyridine rings is 1. The van der Waals surface area contributed by atoms with Crippen LogP contribution in [0.2, 0.25) is 0 Å². The number of rotatable bonds is 7. The van der Waals surface area contributed by atoms with E-state index in [2.05, 4.69) is 41.4 Å². The zero-order valence-electron chi connectivity index (χ0n) is 14.9. The maximum atomic E-state index is 5.97. The van der Waals surface area contributed by atoms with Crippen LogP contribution in [-0.2, 0) is 13.0 Å². The van der Waals surface area contributed by atoms with Crippen molar-refractivity contribution >= 4 is 38.2 Å². The van der Waals surface area contributed by atoms with Gasteiger partial charge in [-0.25, -0.2) is 9.97 Å². The summed E-state index contributed by atoms with van der Waals surface area (Å²) in [6, 6.07) is 11.9. The smallest absolute Gasteiger partial charge is 0.231 e. The van der Waals surface area contributed by atoms with Crippen LogP contribution < -0.4 is 10.1 Å². The molecule has 0 unspecified atom stereocenters. The molecule has 0 aliphatic rings. The molecule has 0 fully saturated rings. The lowest BCUT2D eigenvalue weighted by molar-refractivity contribution is 0.306. The van der Waals surface area contributed by atoms with Crippen molar-refractivity contribution in [3.8, 4) is 5.75 Å². The van der Waals surface area contributed by atoms with Gasteiger partial charge in [-0.05, 0) is 34.5 Å². The van der Waals surface area contributed by atoms with Crippen LogP contribution in [0.15, 0.2) is 57.8 Å². The molecular formula is C19H16BrN5O2S. The minimum atomic E-state index is 0.452. The number of benzene rings is 1. The number of nitrogens with zero attached hydrogens (tertiary/aromatic N) is 4. The lowest BCUT2D eigenvalue weighted by Crippen LogP contribution is -2.01. The van der Waals surface area contributed by atoms with Gasteiger partial charge in [-0.2, -0.15) is 4.98 Å². The summed E-state index contributed by atoms with van der Waals surface area (Å²) in [6.45, 7) is 2.25. The largest absolute Gasteiger partial charge is 0.485 e. The van der Waals surface area contributed by atoms with Crippen molar-refractivity contribution < 1.29 is 9.26 Å². The summed E-state index contributed by atoms with van der Waals surface area (Å²) < 4.78 is 12.0. The standard InChI is InChI=1S/C19H16BrN5O2S/c1-12-23-17(27-25-12)8-15-10-22-19(28-15)24-18-16(7-14(20)9-21-18)26-11-13-5-3-2-4-6-13/h2-7,9-10H,8,11H2,1H3,(H,21,22,24). The molecule has 3 aromatic heterocycles. The number of halogens is 1. The van der Waals surface area contributed by atoms with Crippen LogP contribution in [0, 0.1) is 6.92 Å². The Kier molecular flexibility index (Phi) is 5.63. The molecule has 28 heavy (non-hydrogen) atoms. The second kappa shape index (κ2) is 8.49. The quantitative estimate of drug-likeness (QED) is 0.421. The third-order valence-electron chi connectivity index (χ3n) is 3.73. The van der Waals surface area contributed by atoms with Crippen LogP contribution >= 0.6 is 27.3 Å². The Morgan fingerprint density at radius 1 is 1.18 bits per heavy atom. The average molecular weight is 458 g/mol. The Hall–Kier alpha value is -2.78. The van der Waals surface area contributed by atoms with E-state index in [0.717, 1.165) is 14.9 Å². The van der Waals surface area contributed by atoms with Crippen LogP contribution in [0.25, 0.3) is 0 Å². The van der Waals surface area contributed by atoms with Crippen molar-refractivity contribution in [2.24, 2.45) is 0 Å². The lowest BCUT2D eigenvalue weighted by Gasteiger charge is -2.11. The van der Waals surface area contributed by atoms with Crippen molar-refractivity contribution in [1.29, 1.82) is 0 Å². The highest BCUT2D eigenvalue weighted by Crippen LogP contribution is 2.31. The monoisotopic (exact) mass is 457 g/mol. The number of hydrogen-bond donors (Lipinski definition) is 1. The highest BCUT2D eigenvalue weighted by molar-refractivity contribution is 9.10. The van der Waals surface area contributed by atoms with E-state index in [1.807, 2.05) is 36.4 Å². The molecule has 0 aliphatic heterocycles. The maximum Gasteiger partial charge on any atom is 0.231 e. The first-order valence-electron chi connectivity index (χ1n) is 8.49. The highest BCUT2D eigenvalue weighted by Gasteiger charge is 2.12. The van der Waals surface area contributed by atoms with Crippen molar-refractivity contribution in [2.75, 3.05) is 5.32 Å². The van der Waals surface area contributed by atoms with Gasteiger partial charge < -0.3 is 14.6 Å². The topological polar surface area (TPSA) is 86.0 Å². The van der Waals surface area contributed by atoms with E-state index >= 15 is 0 Å². The lowest BCUT2D eigenvalue weighted by atomic mass is 10.2. The summed E-state index contributed by atoms with van der Waals surface area (Å²) in [4.78, 5) is 14.1. The molecule has 0 bridgehead atoms. The van der Waals surface area contributed by atoms with E-state index < -0.39 is 0 Å². The molecule has 9 heteroatoms. The molecule has 0 radical (unpaired) electrons. The van der Waals surface area contributed by atoms with Gasteiger partial charge in [0.25, 0.3) is 0 Å². The van der Waals surface area contributed by atoms with Crippen molar-refractivity contribution in [1.82, 2.24) is 20.1 Å². The molecule has 3 heterocycles. The van der Waals surface area contributed by atoms with Crippen molar-refractivity contribution in [3.63, 3.8) is 0 Å². The Morgan fingerprint density at radius 3 is 2.82 bits per heavy atom. The van der Waals surface area contributed by atoms with E-state index in [1.165, 1.54) is 11.3 Å². The molecule has 0 aliphatic carbocycles. The SMILES string of the molecule is Cc1noc(Cc2cnc(Nc3ncc(Br)cc3OCc3ccccc3)s2)n1. The third-order valence-corrected chi connectivity index (χ3v) is 5.08. The van der Waals surface area contributed by atoms with E-state index in [9.17, 15) is 0 Å². The predicted molar refractivity (Wildman–Crippen MR) is 110 cm³/mol. The van der Waals surface area contributed by atoms with Crippen LogP contribution in [0.3, 0.4) is 0 Å². The second-order valence-corrected chi connectivity index (χ2v) is 7.97. The Labute approximate surface area is 173 Å². The van der Waals surface area contributed by atoms with E-state index in [4.69, 9.17) is 9.26 Å². The molecule has 0 saturated carbocycles. The van der Waals surface area contributed by atoms with Gasteiger partial charge in [-0.1, -0.05) is 35.5 Å². The first-order valence-corrected chi connectivity index (χ1v) is 10.1. The summed E-state index contributed by atoms with van der Waals surface area (Å²) >= 11 is 4.95. The molecule has 0 saturated heterocycles. The van der Waals surface area contributed by atoms with Crippen molar-refractivity contribution in [2.45, 2.75) is 20.0 Å². The summed E-state index contributed by atoms with van der Waals surface area (Å²) in [6.07, 6.45) is 4.05. The number of nitrogens with one attached hydrogen (secondary N) is 1. The number of aryl methyl sites for hydroxylation is 1. The van der Waals surface area contributed by atoms with Gasteiger partial charge in [-0.3, -0.25) is 0 Å². The van der Waals surface area contributed by atoms with E-state index in [1.54, 1.807) is 19.3 Å². The second-order valence-electron chi connectivity index (χ2n) is 5.94. The number of anilines is 2. The Balaban J connectivity index is 1.47. The minimum Gasteiger partial charge on any atom is -0.485 e. The summed E-state index contributed by atoms with van der Waals surface area (Å²) in [5, 5.41) is 7.75. The van der Waals surface area contributed by atoms with E-state index in [0.29, 0.717) is 41.4 Å². The summed E-state index contributed by atoms with van der Waals surface area (Å²) in [5.74, 6) is 2.44. The molecule has 0 atom stereocenters. The number of ether oxygens (including phenoxy) is 1. The molecule has 142 valence electrons. The molecule has 7 nitrogen and oxygen atoms in total. The fraction of sp³-hybridized carbons (Fsp3) is 0.158. The number of aromatic nitrogens is 4. The van der Waals surface area contributed by atoms with Gasteiger partial charge in [0.2, 0.25) is 5.89 Å². The average Bonchev–Trinajstić information content (AvgIpc) is 3.31. The first kappa shape index (κ1) is 18.6. The number of thiazole rings is 1. The third kappa shape index (κ3) is 4.73.